The van der Waals surface area contributed by atoms with Crippen molar-refractivity contribution >= 4 is 17.9 Å². The number of halogens is 9. The molecular formula is C36H23F9O3. The summed E-state index contributed by atoms with van der Waals surface area (Å²) in [4.78, 5) is 12.4. The van der Waals surface area contributed by atoms with E-state index >= 15 is 0 Å². The summed E-state index contributed by atoms with van der Waals surface area (Å²) >= 11 is 0. The van der Waals surface area contributed by atoms with Crippen LogP contribution in [0.5, 0.6) is 11.5 Å². The number of alkyl halides is 3. The minimum Gasteiger partial charge on any atom is -0.428 e. The van der Waals surface area contributed by atoms with E-state index in [0.717, 1.165) is 12.1 Å². The molecule has 4 aromatic carbocycles. The standard InChI is InChI=1S/C36H23F9O3/c1-35(25-12-18-29(19-13-25)47-33(41)31(37)38,26-14-20-30(21-15-26)48-34(42)32(39)40)24-8-2-22(3-9-24)6-16-28(46)17-7-23-4-10-27(11-5-23)36(43,44)45/h2-21H,1H3. The Bertz CT molecular complexity index is 1780. The molecule has 0 saturated heterocycles. The van der Waals surface area contributed by atoms with Crippen LogP contribution in [0.3, 0.4) is 0 Å². The highest BCUT2D eigenvalue weighted by Crippen LogP contribution is 2.40. The van der Waals surface area contributed by atoms with Crippen LogP contribution < -0.4 is 9.47 Å². The van der Waals surface area contributed by atoms with Gasteiger partial charge in [-0.2, -0.15) is 39.5 Å². The van der Waals surface area contributed by atoms with Crippen molar-refractivity contribution in [1.82, 2.24) is 0 Å². The maximum absolute atomic E-state index is 13.3. The summed E-state index contributed by atoms with van der Waals surface area (Å²) in [5.41, 5.74) is 0.994. The van der Waals surface area contributed by atoms with E-state index in [1.807, 2.05) is 0 Å². The Balaban J connectivity index is 1.60. The van der Waals surface area contributed by atoms with Gasteiger partial charge in [0, 0.05) is 5.41 Å². The molecule has 0 amide bonds. The summed E-state index contributed by atoms with van der Waals surface area (Å²) in [6, 6.07) is 18.2. The molecule has 48 heavy (non-hydrogen) atoms. The van der Waals surface area contributed by atoms with Crippen LogP contribution in [0.25, 0.3) is 12.2 Å². The molecule has 0 unspecified atom stereocenters. The lowest BCUT2D eigenvalue weighted by Crippen LogP contribution is -2.25. The van der Waals surface area contributed by atoms with Gasteiger partial charge in [0.05, 0.1) is 5.56 Å². The molecule has 4 rings (SSSR count). The normalized spacial score (nSPS) is 11.9. The third kappa shape index (κ3) is 8.84. The number of carbonyl (C=O) groups is 1. The zero-order valence-electron chi connectivity index (χ0n) is 24.7. The van der Waals surface area contributed by atoms with Crippen LogP contribution in [0.15, 0.2) is 133 Å². The van der Waals surface area contributed by atoms with Crippen molar-refractivity contribution in [2.24, 2.45) is 0 Å². The van der Waals surface area contributed by atoms with Crippen LogP contribution in [-0.2, 0) is 16.4 Å². The van der Waals surface area contributed by atoms with Crippen LogP contribution in [0.4, 0.5) is 39.5 Å². The van der Waals surface area contributed by atoms with Crippen LogP contribution in [-0.4, -0.2) is 5.78 Å². The fourth-order valence-electron chi connectivity index (χ4n) is 4.62. The average Bonchev–Trinajstić information content (AvgIpc) is 3.06. The molecule has 0 spiro atoms. The second kappa shape index (κ2) is 14.9. The molecule has 0 N–H and O–H groups in total. The summed E-state index contributed by atoms with van der Waals surface area (Å²) in [7, 11) is 0. The van der Waals surface area contributed by atoms with Gasteiger partial charge in [-0.3, -0.25) is 4.79 Å². The lowest BCUT2D eigenvalue weighted by atomic mass is 9.71. The number of allylic oxidation sites excluding steroid dienone is 2. The molecule has 0 bridgehead atoms. The molecule has 0 aromatic heterocycles. The first-order valence-corrected chi connectivity index (χ1v) is 13.8. The summed E-state index contributed by atoms with van der Waals surface area (Å²) in [5, 5.41) is 0. The number of hydrogen-bond donors (Lipinski definition) is 0. The SMILES string of the molecule is CC(c1ccc(C=CC(=O)C=Cc2ccc(C(F)(F)F)cc2)cc1)(c1ccc(OC(F)=C(F)F)cc1)c1ccc(OC(F)=C(F)F)cc1. The third-order valence-corrected chi connectivity index (χ3v) is 7.18. The molecule has 4 aromatic rings. The third-order valence-electron chi connectivity index (χ3n) is 7.18. The quantitative estimate of drug-likeness (QED) is 0.0688. The molecule has 0 radical (unpaired) electrons. The summed E-state index contributed by atoms with van der Waals surface area (Å²) in [6.45, 7) is 1.79. The molecule has 0 aliphatic heterocycles. The summed E-state index contributed by atoms with van der Waals surface area (Å²) < 4.78 is 124. The van der Waals surface area contributed by atoms with Gasteiger partial charge in [0.1, 0.15) is 11.5 Å². The maximum atomic E-state index is 13.3. The van der Waals surface area contributed by atoms with E-state index in [1.165, 1.54) is 85.0 Å². The molecule has 0 heterocycles. The zero-order chi connectivity index (χ0) is 35.1. The molecule has 0 atom stereocenters. The van der Waals surface area contributed by atoms with E-state index in [1.54, 1.807) is 31.2 Å². The number of benzene rings is 4. The molecule has 248 valence electrons. The Morgan fingerprint density at radius 3 is 1.15 bits per heavy atom. The monoisotopic (exact) mass is 674 g/mol. The van der Waals surface area contributed by atoms with Crippen LogP contribution in [0, 0.1) is 0 Å². The van der Waals surface area contributed by atoms with Gasteiger partial charge in [-0.05, 0) is 83.3 Å². The van der Waals surface area contributed by atoms with Gasteiger partial charge in [0.2, 0.25) is 0 Å². The van der Waals surface area contributed by atoms with Gasteiger partial charge in [0.15, 0.2) is 5.78 Å². The average molecular weight is 675 g/mol. The lowest BCUT2D eigenvalue weighted by Gasteiger charge is -2.32. The molecule has 12 heteroatoms. The highest BCUT2D eigenvalue weighted by atomic mass is 19.4. The second-order valence-electron chi connectivity index (χ2n) is 10.3. The van der Waals surface area contributed by atoms with Gasteiger partial charge in [0.25, 0.3) is 0 Å². The Morgan fingerprint density at radius 2 is 0.833 bits per heavy atom. The van der Waals surface area contributed by atoms with Crippen molar-refractivity contribution in [3.63, 3.8) is 0 Å². The van der Waals surface area contributed by atoms with E-state index in [4.69, 9.17) is 0 Å². The predicted molar refractivity (Wildman–Crippen MR) is 161 cm³/mol. The molecule has 0 saturated carbocycles. The second-order valence-corrected chi connectivity index (χ2v) is 10.3. The van der Waals surface area contributed by atoms with Crippen LogP contribution in [0.1, 0.15) is 40.3 Å². The largest absolute Gasteiger partial charge is 0.428 e. The van der Waals surface area contributed by atoms with Crippen molar-refractivity contribution in [2.75, 3.05) is 0 Å². The first-order valence-electron chi connectivity index (χ1n) is 13.8. The molecule has 0 aliphatic carbocycles. The molecule has 3 nitrogen and oxygen atoms in total. The number of ether oxygens (including phenoxy) is 2. The smallest absolute Gasteiger partial charge is 0.416 e. The highest BCUT2D eigenvalue weighted by molar-refractivity contribution is 6.04. The first kappa shape index (κ1) is 35.3. The van der Waals surface area contributed by atoms with Gasteiger partial charge in [-0.1, -0.05) is 72.8 Å². The minimum atomic E-state index is -4.47. The van der Waals surface area contributed by atoms with E-state index < -0.39 is 47.1 Å². The Morgan fingerprint density at radius 1 is 0.521 bits per heavy atom. The van der Waals surface area contributed by atoms with Gasteiger partial charge in [-0.15, -0.1) is 0 Å². The van der Waals surface area contributed by atoms with Crippen LogP contribution in [0.2, 0.25) is 0 Å². The molecular weight excluding hydrogens is 651 g/mol. The number of ketones is 1. The summed E-state index contributed by atoms with van der Waals surface area (Å²) in [6.07, 6.45) is -4.34. The van der Waals surface area contributed by atoms with Crippen LogP contribution >= 0.6 is 0 Å². The van der Waals surface area contributed by atoms with Gasteiger partial charge >= 0.3 is 30.4 Å². The highest BCUT2D eigenvalue weighted by Gasteiger charge is 2.32. The number of hydrogen-bond acceptors (Lipinski definition) is 3. The first-order chi connectivity index (χ1) is 22.7. The Labute approximate surface area is 268 Å². The lowest BCUT2D eigenvalue weighted by molar-refractivity contribution is -0.137. The Kier molecular flexibility index (Phi) is 11.0. The predicted octanol–water partition coefficient (Wildman–Crippen LogP) is 11.2. The van der Waals surface area contributed by atoms with Crippen molar-refractivity contribution < 1.29 is 53.8 Å². The fraction of sp³-hybridized carbons (Fsp3) is 0.0833. The topological polar surface area (TPSA) is 35.5 Å². The Hall–Kier alpha value is -5.52. The van der Waals surface area contributed by atoms with E-state index in [2.05, 4.69) is 9.47 Å². The van der Waals surface area contributed by atoms with Gasteiger partial charge < -0.3 is 9.47 Å². The van der Waals surface area contributed by atoms with Crippen molar-refractivity contribution in [3.8, 4) is 11.5 Å². The molecule has 0 fully saturated rings. The van der Waals surface area contributed by atoms with Gasteiger partial charge in [-0.25, -0.2) is 0 Å². The van der Waals surface area contributed by atoms with Crippen molar-refractivity contribution in [3.05, 3.63) is 167 Å². The van der Waals surface area contributed by atoms with E-state index in [0.29, 0.717) is 27.8 Å². The van der Waals surface area contributed by atoms with Crippen molar-refractivity contribution in [1.29, 1.82) is 0 Å². The minimum absolute atomic E-state index is 0.205. The van der Waals surface area contributed by atoms with E-state index in [-0.39, 0.29) is 11.5 Å². The number of carbonyl (C=O) groups excluding carboxylic acids is 1. The molecule has 0 aliphatic rings. The van der Waals surface area contributed by atoms with Crippen molar-refractivity contribution in [2.45, 2.75) is 18.5 Å². The zero-order valence-corrected chi connectivity index (χ0v) is 24.7. The number of rotatable bonds is 11. The fourth-order valence-corrected chi connectivity index (χ4v) is 4.62. The van der Waals surface area contributed by atoms with E-state index in [9.17, 15) is 44.3 Å². The maximum Gasteiger partial charge on any atom is 0.416 e. The summed E-state index contributed by atoms with van der Waals surface area (Å²) in [5.74, 6) is -0.836.